The smallest absolute Gasteiger partial charge is 0.336 e. The monoisotopic (exact) mass is 459 g/mol. The number of ether oxygens (including phenoxy) is 2. The number of benzene rings is 3. The number of rotatable bonds is 9. The lowest BCUT2D eigenvalue weighted by Gasteiger charge is -2.18. The number of para-hydroxylation sites is 1. The van der Waals surface area contributed by atoms with E-state index in [4.69, 9.17) is 32.7 Å². The SMILES string of the molecule is CCOc1cccc(CNc2cccc(C(=O)O)c2C)c1OCc1ccc(Cl)cc1Cl. The van der Waals surface area contributed by atoms with E-state index in [0.29, 0.717) is 40.3 Å². The molecule has 0 heterocycles. The summed E-state index contributed by atoms with van der Waals surface area (Å²) >= 11 is 12.3. The van der Waals surface area contributed by atoms with Gasteiger partial charge in [-0.1, -0.05) is 47.5 Å². The van der Waals surface area contributed by atoms with Gasteiger partial charge in [0.2, 0.25) is 0 Å². The largest absolute Gasteiger partial charge is 0.490 e. The Hall–Kier alpha value is -2.89. The average Bonchev–Trinajstić information content (AvgIpc) is 2.73. The lowest BCUT2D eigenvalue weighted by atomic mass is 10.1. The molecule has 31 heavy (non-hydrogen) atoms. The van der Waals surface area contributed by atoms with Crippen LogP contribution in [0.1, 0.15) is 34.0 Å². The van der Waals surface area contributed by atoms with Crippen LogP contribution in [0.15, 0.2) is 54.6 Å². The number of anilines is 1. The normalized spacial score (nSPS) is 10.6. The Balaban J connectivity index is 1.84. The third-order valence-corrected chi connectivity index (χ3v) is 5.37. The predicted molar refractivity (Wildman–Crippen MR) is 124 cm³/mol. The van der Waals surface area contributed by atoms with Crippen LogP contribution in [0.5, 0.6) is 11.5 Å². The highest BCUT2D eigenvalue weighted by molar-refractivity contribution is 6.35. The summed E-state index contributed by atoms with van der Waals surface area (Å²) in [6.07, 6.45) is 0. The standard InChI is InChI=1S/C24H23Cl2NO4/c1-3-30-22-9-4-6-16(13-27-21-8-5-7-19(15(21)2)24(28)29)23(22)31-14-17-10-11-18(25)12-20(17)26/h4-12,27H,3,13-14H2,1-2H3,(H,28,29). The van der Waals surface area contributed by atoms with Gasteiger partial charge in [0.1, 0.15) is 6.61 Å². The van der Waals surface area contributed by atoms with Crippen LogP contribution in [0, 0.1) is 6.92 Å². The second kappa shape index (κ2) is 10.4. The van der Waals surface area contributed by atoms with Gasteiger partial charge < -0.3 is 19.9 Å². The van der Waals surface area contributed by atoms with E-state index in [1.165, 1.54) is 0 Å². The lowest BCUT2D eigenvalue weighted by Crippen LogP contribution is -2.08. The highest BCUT2D eigenvalue weighted by Gasteiger charge is 2.14. The second-order valence-electron chi connectivity index (χ2n) is 6.84. The maximum absolute atomic E-state index is 11.4. The van der Waals surface area contributed by atoms with Gasteiger partial charge in [-0.25, -0.2) is 4.79 Å². The van der Waals surface area contributed by atoms with Gasteiger partial charge in [0.05, 0.1) is 12.2 Å². The van der Waals surface area contributed by atoms with E-state index in [9.17, 15) is 9.90 Å². The Morgan fingerprint density at radius 3 is 2.52 bits per heavy atom. The zero-order chi connectivity index (χ0) is 22.4. The molecule has 0 aliphatic carbocycles. The molecule has 0 aliphatic rings. The fourth-order valence-corrected chi connectivity index (χ4v) is 3.63. The molecule has 0 aliphatic heterocycles. The Labute approximate surface area is 191 Å². The molecule has 0 unspecified atom stereocenters. The Morgan fingerprint density at radius 1 is 1.03 bits per heavy atom. The van der Waals surface area contributed by atoms with E-state index in [1.54, 1.807) is 31.2 Å². The number of halogens is 2. The van der Waals surface area contributed by atoms with Crippen LogP contribution in [0.3, 0.4) is 0 Å². The van der Waals surface area contributed by atoms with Gasteiger partial charge >= 0.3 is 5.97 Å². The molecular formula is C24H23Cl2NO4. The molecule has 3 rings (SSSR count). The summed E-state index contributed by atoms with van der Waals surface area (Å²) in [7, 11) is 0. The van der Waals surface area contributed by atoms with Crippen molar-refractivity contribution in [1.29, 1.82) is 0 Å². The van der Waals surface area contributed by atoms with Crippen LogP contribution < -0.4 is 14.8 Å². The Kier molecular flexibility index (Phi) is 7.66. The number of carboxylic acid groups (broad SMARTS) is 1. The van der Waals surface area contributed by atoms with Crippen molar-refractivity contribution in [3.63, 3.8) is 0 Å². The van der Waals surface area contributed by atoms with Crippen LogP contribution in [0.2, 0.25) is 10.0 Å². The molecule has 0 aromatic heterocycles. The topological polar surface area (TPSA) is 67.8 Å². The molecule has 0 radical (unpaired) electrons. The molecule has 0 bridgehead atoms. The minimum Gasteiger partial charge on any atom is -0.490 e. The molecule has 0 fully saturated rings. The molecule has 3 aromatic carbocycles. The van der Waals surface area contributed by atoms with Gasteiger partial charge in [0, 0.05) is 33.4 Å². The van der Waals surface area contributed by atoms with Crippen molar-refractivity contribution in [2.75, 3.05) is 11.9 Å². The first kappa shape index (κ1) is 22.8. The van der Waals surface area contributed by atoms with Crippen molar-refractivity contribution < 1.29 is 19.4 Å². The van der Waals surface area contributed by atoms with Gasteiger partial charge in [-0.2, -0.15) is 0 Å². The summed E-state index contributed by atoms with van der Waals surface area (Å²) in [5.41, 5.74) is 3.36. The van der Waals surface area contributed by atoms with E-state index in [2.05, 4.69) is 5.32 Å². The molecule has 0 saturated carbocycles. The van der Waals surface area contributed by atoms with Crippen molar-refractivity contribution >= 4 is 34.9 Å². The van der Waals surface area contributed by atoms with Gasteiger partial charge in [-0.15, -0.1) is 0 Å². The Bertz CT molecular complexity index is 1090. The molecule has 0 amide bonds. The van der Waals surface area contributed by atoms with Crippen molar-refractivity contribution in [2.45, 2.75) is 27.0 Å². The van der Waals surface area contributed by atoms with E-state index in [0.717, 1.165) is 16.8 Å². The minimum atomic E-state index is -0.955. The summed E-state index contributed by atoms with van der Waals surface area (Å²) in [5, 5.41) is 13.8. The number of hydrogen-bond acceptors (Lipinski definition) is 4. The minimum absolute atomic E-state index is 0.251. The van der Waals surface area contributed by atoms with Crippen LogP contribution in [-0.2, 0) is 13.2 Å². The van der Waals surface area contributed by atoms with Crippen LogP contribution in [0.4, 0.5) is 5.69 Å². The number of carboxylic acids is 1. The number of carbonyl (C=O) groups is 1. The fourth-order valence-electron chi connectivity index (χ4n) is 3.17. The number of aromatic carboxylic acids is 1. The molecule has 5 nitrogen and oxygen atoms in total. The average molecular weight is 460 g/mol. The lowest BCUT2D eigenvalue weighted by molar-refractivity contribution is 0.0696. The Morgan fingerprint density at radius 2 is 1.81 bits per heavy atom. The summed E-state index contributed by atoms with van der Waals surface area (Å²) in [6.45, 7) is 4.86. The molecule has 0 saturated heterocycles. The summed E-state index contributed by atoms with van der Waals surface area (Å²) in [5.74, 6) is 0.279. The third kappa shape index (κ3) is 5.63. The predicted octanol–water partition coefficient (Wildman–Crippen LogP) is 6.59. The molecule has 7 heteroatoms. The highest BCUT2D eigenvalue weighted by Crippen LogP contribution is 2.34. The first-order valence-electron chi connectivity index (χ1n) is 9.79. The van der Waals surface area contributed by atoms with E-state index < -0.39 is 5.97 Å². The van der Waals surface area contributed by atoms with Crippen molar-refractivity contribution in [1.82, 2.24) is 0 Å². The fraction of sp³-hybridized carbons (Fsp3) is 0.208. The van der Waals surface area contributed by atoms with Crippen LogP contribution in [-0.4, -0.2) is 17.7 Å². The van der Waals surface area contributed by atoms with E-state index in [1.807, 2.05) is 37.3 Å². The molecule has 162 valence electrons. The maximum Gasteiger partial charge on any atom is 0.336 e. The van der Waals surface area contributed by atoms with Crippen molar-refractivity contribution in [2.24, 2.45) is 0 Å². The third-order valence-electron chi connectivity index (χ3n) is 4.78. The zero-order valence-corrected chi connectivity index (χ0v) is 18.8. The van der Waals surface area contributed by atoms with Crippen LogP contribution >= 0.6 is 23.2 Å². The second-order valence-corrected chi connectivity index (χ2v) is 7.68. The molecule has 0 atom stereocenters. The summed E-state index contributed by atoms with van der Waals surface area (Å²) < 4.78 is 11.9. The van der Waals surface area contributed by atoms with Crippen LogP contribution in [0.25, 0.3) is 0 Å². The van der Waals surface area contributed by atoms with Gasteiger partial charge in [-0.05, 0) is 49.7 Å². The van der Waals surface area contributed by atoms with E-state index >= 15 is 0 Å². The van der Waals surface area contributed by atoms with Gasteiger partial charge in [0.15, 0.2) is 11.5 Å². The molecule has 0 spiro atoms. The van der Waals surface area contributed by atoms with Gasteiger partial charge in [-0.3, -0.25) is 0 Å². The number of nitrogens with one attached hydrogen (secondary N) is 1. The van der Waals surface area contributed by atoms with Crippen molar-refractivity contribution in [3.05, 3.63) is 86.9 Å². The number of hydrogen-bond donors (Lipinski definition) is 2. The first-order valence-corrected chi connectivity index (χ1v) is 10.5. The zero-order valence-electron chi connectivity index (χ0n) is 17.2. The highest BCUT2D eigenvalue weighted by atomic mass is 35.5. The first-order chi connectivity index (χ1) is 14.9. The van der Waals surface area contributed by atoms with Crippen molar-refractivity contribution in [3.8, 4) is 11.5 Å². The summed E-state index contributed by atoms with van der Waals surface area (Å²) in [6, 6.07) is 16.1. The molecule has 2 N–H and O–H groups in total. The molecular weight excluding hydrogens is 437 g/mol. The maximum atomic E-state index is 11.4. The summed E-state index contributed by atoms with van der Waals surface area (Å²) in [4.78, 5) is 11.4. The van der Waals surface area contributed by atoms with E-state index in [-0.39, 0.29) is 12.2 Å². The van der Waals surface area contributed by atoms with Gasteiger partial charge in [0.25, 0.3) is 0 Å². The molecule has 3 aromatic rings. The quantitative estimate of drug-likeness (QED) is 0.377.